The lowest BCUT2D eigenvalue weighted by atomic mass is 9.58. The zero-order chi connectivity index (χ0) is 25.1. The number of primary amides is 1. The molecule has 174 valence electrons. The molecule has 0 bridgehead atoms. The number of carbonyl (C=O) groups is 3. The fraction of sp³-hybridized carbons (Fsp3) is 0.318. The summed E-state index contributed by atoms with van der Waals surface area (Å²) in [6.45, 7) is -0.234. The maximum absolute atomic E-state index is 14.5. The Morgan fingerprint density at radius 2 is 2.03 bits per heavy atom. The summed E-state index contributed by atoms with van der Waals surface area (Å²) < 4.78 is 15.8. The summed E-state index contributed by atoms with van der Waals surface area (Å²) in [4.78, 5) is 43.8. The maximum Gasteiger partial charge on any atom is 0.269 e. The van der Waals surface area contributed by atoms with Crippen LogP contribution in [0.4, 0.5) is 4.39 Å². The summed E-state index contributed by atoms with van der Waals surface area (Å²) in [6.07, 6.45) is 4.16. The zero-order valence-corrected chi connectivity index (χ0v) is 19.1. The third kappa shape index (κ3) is 4.05. The molecule has 1 aliphatic heterocycles. The van der Waals surface area contributed by atoms with Crippen LogP contribution in [0.3, 0.4) is 0 Å². The van der Waals surface area contributed by atoms with E-state index >= 15 is 0 Å². The van der Waals surface area contributed by atoms with Crippen LogP contribution in [0.25, 0.3) is 10.9 Å². The van der Waals surface area contributed by atoms with Gasteiger partial charge in [0.05, 0.1) is 32.4 Å². The van der Waals surface area contributed by atoms with Crippen LogP contribution in [-0.2, 0) is 21.5 Å². The van der Waals surface area contributed by atoms with Crippen LogP contribution < -0.4 is 11.1 Å². The first-order valence-electron chi connectivity index (χ1n) is 10.8. The van der Waals surface area contributed by atoms with Gasteiger partial charge in [-0.15, -0.1) is 0 Å². The summed E-state index contributed by atoms with van der Waals surface area (Å²) in [5.41, 5.74) is 5.72. The molecule has 2 fully saturated rings. The van der Waals surface area contributed by atoms with E-state index in [0.717, 1.165) is 6.42 Å². The Kier molecular flexibility index (Phi) is 5.58. The largest absolute Gasteiger partial charge is 0.364 e. The first-order chi connectivity index (χ1) is 16.6. The minimum atomic E-state index is -2.05. The fourth-order valence-corrected chi connectivity index (χ4v) is 4.93. The lowest BCUT2D eigenvalue weighted by molar-refractivity contribution is -0.140. The molecule has 13 heteroatoms. The van der Waals surface area contributed by atoms with E-state index in [2.05, 4.69) is 15.4 Å². The van der Waals surface area contributed by atoms with E-state index in [9.17, 15) is 18.8 Å². The number of carbonyl (C=O) groups excluding carboxylic acids is 3. The molecule has 2 aliphatic rings. The van der Waals surface area contributed by atoms with Gasteiger partial charge in [0.2, 0.25) is 11.8 Å². The normalized spacial score (nSPS) is 21.1. The summed E-state index contributed by atoms with van der Waals surface area (Å²) in [7, 11) is 12.1. The molecule has 2 aromatic heterocycles. The standard InChI is InChI=1S/C22H18B2ClFN6O3/c23-22(24,12-2-1-3-13(25)18(12)26)29-21(35)15-7-10-6-14(10)32(15)17(33)9-31-16-8-28-5-4-11(16)19(30-31)20(27)34/h1-5,8,10,14-15H,6-7,9H2,(H2,27,34)(H,29,35)/t10-,14-,15+/m1/s1. The van der Waals surface area contributed by atoms with Crippen LogP contribution >= 0.6 is 11.6 Å². The lowest BCUT2D eigenvalue weighted by Gasteiger charge is -2.33. The molecule has 4 radical (unpaired) electrons. The monoisotopic (exact) mass is 490 g/mol. The molecule has 1 aromatic carbocycles. The number of nitrogens with one attached hydrogen (secondary N) is 1. The number of rotatable bonds is 6. The van der Waals surface area contributed by atoms with E-state index < -0.39 is 29.0 Å². The smallest absolute Gasteiger partial charge is 0.269 e. The van der Waals surface area contributed by atoms with E-state index in [0.29, 0.717) is 17.3 Å². The number of nitrogens with zero attached hydrogens (tertiary/aromatic N) is 4. The van der Waals surface area contributed by atoms with Gasteiger partial charge in [-0.2, -0.15) is 5.10 Å². The third-order valence-electron chi connectivity index (χ3n) is 6.49. The number of likely N-dealkylation sites (tertiary alicyclic amines) is 1. The van der Waals surface area contributed by atoms with Crippen LogP contribution in [0.2, 0.25) is 5.02 Å². The van der Waals surface area contributed by atoms with E-state index in [1.165, 1.54) is 40.2 Å². The second kappa shape index (κ2) is 8.37. The Balaban J connectivity index is 1.37. The van der Waals surface area contributed by atoms with Crippen LogP contribution in [0.15, 0.2) is 36.7 Å². The quantitative estimate of drug-likeness (QED) is 0.490. The van der Waals surface area contributed by atoms with Crippen molar-refractivity contribution in [3.63, 3.8) is 0 Å². The number of aromatic nitrogens is 3. The molecular weight excluding hydrogens is 472 g/mol. The van der Waals surface area contributed by atoms with Crippen LogP contribution in [0.5, 0.6) is 0 Å². The molecule has 1 saturated heterocycles. The predicted molar refractivity (Wildman–Crippen MR) is 126 cm³/mol. The number of nitrogens with two attached hydrogens (primary N) is 1. The number of piperidine rings is 1. The van der Waals surface area contributed by atoms with Gasteiger partial charge >= 0.3 is 0 Å². The van der Waals surface area contributed by atoms with Gasteiger partial charge in [0.25, 0.3) is 5.91 Å². The zero-order valence-electron chi connectivity index (χ0n) is 18.3. The number of halogens is 2. The highest BCUT2D eigenvalue weighted by molar-refractivity contribution is 6.41. The van der Waals surface area contributed by atoms with E-state index in [4.69, 9.17) is 33.0 Å². The molecule has 1 aliphatic carbocycles. The van der Waals surface area contributed by atoms with E-state index in [1.807, 2.05) is 0 Å². The second-order valence-corrected chi connectivity index (χ2v) is 9.25. The maximum atomic E-state index is 14.5. The van der Waals surface area contributed by atoms with Crippen molar-refractivity contribution in [1.82, 2.24) is 25.0 Å². The lowest BCUT2D eigenvalue weighted by Crippen LogP contribution is -2.55. The van der Waals surface area contributed by atoms with Gasteiger partial charge in [-0.25, -0.2) is 4.39 Å². The van der Waals surface area contributed by atoms with Gasteiger partial charge in [-0.3, -0.25) is 24.0 Å². The van der Waals surface area contributed by atoms with Gasteiger partial charge < -0.3 is 16.0 Å². The summed E-state index contributed by atoms with van der Waals surface area (Å²) >= 11 is 5.82. The topological polar surface area (TPSA) is 123 Å². The van der Waals surface area contributed by atoms with Gasteiger partial charge in [-0.1, -0.05) is 23.7 Å². The number of hydrogen-bond acceptors (Lipinski definition) is 5. The Morgan fingerprint density at radius 3 is 2.77 bits per heavy atom. The molecule has 0 spiro atoms. The van der Waals surface area contributed by atoms with Crippen LogP contribution in [-0.4, -0.2) is 65.2 Å². The highest BCUT2D eigenvalue weighted by Crippen LogP contribution is 2.48. The Bertz CT molecular complexity index is 1380. The first-order valence-corrected chi connectivity index (χ1v) is 11.2. The molecule has 3 heterocycles. The Morgan fingerprint density at radius 1 is 1.26 bits per heavy atom. The average Bonchev–Trinajstić information content (AvgIpc) is 3.30. The van der Waals surface area contributed by atoms with Gasteiger partial charge in [-0.05, 0) is 41.8 Å². The molecule has 3 amide bonds. The van der Waals surface area contributed by atoms with Gasteiger partial charge in [0, 0.05) is 17.6 Å². The summed E-state index contributed by atoms with van der Waals surface area (Å²) in [6, 6.07) is 4.75. The molecule has 3 aromatic rings. The molecular formula is C22H18B2ClFN6O3. The SMILES string of the molecule is [B]C([B])(NC(=O)[C@@H]1C[C@H]2C[C@H]2N1C(=O)Cn1nc(C(N)=O)c2ccncc21)c1cccc(Cl)c1F. The fourth-order valence-electron chi connectivity index (χ4n) is 4.76. The van der Waals surface area contributed by atoms with Gasteiger partial charge in [0.1, 0.15) is 18.4 Å². The minimum absolute atomic E-state index is 0.0230. The van der Waals surface area contributed by atoms with Crippen LogP contribution in [0.1, 0.15) is 28.9 Å². The van der Waals surface area contributed by atoms with Crippen molar-refractivity contribution in [2.45, 2.75) is 36.8 Å². The molecule has 3 N–H and O–H groups in total. The van der Waals surface area contributed by atoms with Crippen molar-refractivity contribution in [2.75, 3.05) is 0 Å². The average molecular weight is 491 g/mol. The second-order valence-electron chi connectivity index (χ2n) is 8.84. The van der Waals surface area contributed by atoms with Crippen molar-refractivity contribution in [2.24, 2.45) is 11.7 Å². The van der Waals surface area contributed by atoms with Crippen LogP contribution in [0, 0.1) is 11.7 Å². The summed E-state index contributed by atoms with van der Waals surface area (Å²) in [5, 5.41) is 4.87. The third-order valence-corrected chi connectivity index (χ3v) is 6.79. The predicted octanol–water partition coefficient (Wildman–Crippen LogP) is 0.576. The van der Waals surface area contributed by atoms with Crippen molar-refractivity contribution in [3.05, 3.63) is 58.8 Å². The Labute approximate surface area is 207 Å². The minimum Gasteiger partial charge on any atom is -0.364 e. The highest BCUT2D eigenvalue weighted by atomic mass is 35.5. The first kappa shape index (κ1) is 23.3. The number of pyridine rings is 1. The molecule has 35 heavy (non-hydrogen) atoms. The van der Waals surface area contributed by atoms with Crippen molar-refractivity contribution in [1.29, 1.82) is 0 Å². The molecule has 9 nitrogen and oxygen atoms in total. The van der Waals surface area contributed by atoms with Gasteiger partial charge in [0.15, 0.2) is 5.69 Å². The molecule has 1 saturated carbocycles. The van der Waals surface area contributed by atoms with Crippen molar-refractivity contribution in [3.8, 4) is 0 Å². The number of amides is 3. The van der Waals surface area contributed by atoms with E-state index in [-0.39, 0.29) is 40.7 Å². The molecule has 5 rings (SSSR count). The Hall–Kier alpha value is -3.40. The molecule has 3 atom stereocenters. The highest BCUT2D eigenvalue weighted by Gasteiger charge is 2.56. The molecule has 0 unspecified atom stereocenters. The van der Waals surface area contributed by atoms with E-state index in [1.54, 1.807) is 6.07 Å². The number of hydrogen-bond donors (Lipinski definition) is 2. The summed E-state index contributed by atoms with van der Waals surface area (Å²) in [5.74, 6) is -2.40. The number of benzene rings is 1. The number of fused-ring (bicyclic) bond motifs is 2. The van der Waals surface area contributed by atoms with Crippen molar-refractivity contribution >= 4 is 55.9 Å². The van der Waals surface area contributed by atoms with Crippen molar-refractivity contribution < 1.29 is 18.8 Å².